The maximum absolute atomic E-state index is 13.3. The predicted octanol–water partition coefficient (Wildman–Crippen LogP) is 0.490. The number of carbonyl (C=O) groups is 2. The van der Waals surface area contributed by atoms with Gasteiger partial charge in [0, 0.05) is 37.4 Å². The molecule has 1 heterocycles. The fraction of sp³-hybridized carbons (Fsp3) is 0.630. The van der Waals surface area contributed by atoms with Crippen LogP contribution in [0.4, 0.5) is 0 Å². The molecule has 1 aromatic rings. The maximum Gasteiger partial charge on any atom is 0.249 e. The van der Waals surface area contributed by atoms with Crippen molar-refractivity contribution in [3.8, 4) is 11.5 Å². The minimum Gasteiger partial charge on any atom is -0.493 e. The molecule has 0 saturated heterocycles. The van der Waals surface area contributed by atoms with Gasteiger partial charge in [0.15, 0.2) is 11.5 Å². The largest absolute Gasteiger partial charge is 0.493 e. The van der Waals surface area contributed by atoms with Gasteiger partial charge in [-0.3, -0.25) is 9.59 Å². The van der Waals surface area contributed by atoms with Gasteiger partial charge in [-0.2, -0.15) is 0 Å². The topological polar surface area (TPSA) is 147 Å². The third-order valence-corrected chi connectivity index (χ3v) is 6.60. The lowest BCUT2D eigenvalue weighted by molar-refractivity contribution is -0.142. The summed E-state index contributed by atoms with van der Waals surface area (Å²) >= 11 is 0. The summed E-state index contributed by atoms with van der Waals surface area (Å²) in [6.45, 7) is 6.04. The van der Waals surface area contributed by atoms with E-state index in [4.69, 9.17) is 18.9 Å². The Morgan fingerprint density at radius 2 is 2.00 bits per heavy atom. The van der Waals surface area contributed by atoms with Crippen LogP contribution in [0.1, 0.15) is 44.2 Å². The summed E-state index contributed by atoms with van der Waals surface area (Å²) in [5.41, 5.74) is 1.45. The monoisotopic (exact) mass is 536 g/mol. The van der Waals surface area contributed by atoms with E-state index in [0.29, 0.717) is 47.8 Å². The average Bonchev–Trinajstić information content (AvgIpc) is 3.30. The van der Waals surface area contributed by atoms with Gasteiger partial charge in [-0.05, 0) is 51.0 Å². The van der Waals surface area contributed by atoms with Crippen molar-refractivity contribution in [1.82, 2.24) is 10.2 Å². The van der Waals surface area contributed by atoms with E-state index in [1.807, 2.05) is 13.8 Å². The molecular formula is C27H40N2O9. The van der Waals surface area contributed by atoms with Crippen LogP contribution in [-0.2, 0) is 25.7 Å². The van der Waals surface area contributed by atoms with E-state index >= 15 is 0 Å². The van der Waals surface area contributed by atoms with E-state index in [9.17, 15) is 24.9 Å². The van der Waals surface area contributed by atoms with Gasteiger partial charge in [0.25, 0.3) is 0 Å². The van der Waals surface area contributed by atoms with E-state index in [1.165, 1.54) is 12.0 Å². The molecule has 4 atom stereocenters. The molecule has 38 heavy (non-hydrogen) atoms. The van der Waals surface area contributed by atoms with Crippen molar-refractivity contribution in [1.29, 1.82) is 0 Å². The van der Waals surface area contributed by atoms with Crippen LogP contribution in [-0.4, -0.2) is 103 Å². The molecule has 0 aromatic heterocycles. The first kappa shape index (κ1) is 29.9. The number of aliphatic hydroxyl groups is 3. The van der Waals surface area contributed by atoms with Crippen LogP contribution in [0.25, 0.3) is 0 Å². The molecular weight excluding hydrogens is 496 g/mol. The van der Waals surface area contributed by atoms with Gasteiger partial charge in [-0.25, -0.2) is 0 Å². The van der Waals surface area contributed by atoms with E-state index in [2.05, 4.69) is 5.32 Å². The second-order valence-corrected chi connectivity index (χ2v) is 9.51. The Bertz CT molecular complexity index is 997. The average molecular weight is 537 g/mol. The van der Waals surface area contributed by atoms with E-state index in [1.54, 1.807) is 25.1 Å². The fourth-order valence-corrected chi connectivity index (χ4v) is 4.89. The van der Waals surface area contributed by atoms with Crippen LogP contribution in [0, 0.1) is 0 Å². The minimum atomic E-state index is -1.18. The first-order valence-electron chi connectivity index (χ1n) is 13.0. The molecule has 0 saturated carbocycles. The standard InChI is InChI=1S/C27H40N2O9/c1-5-36-15-22(32)29(8-6-10-37-16(2)3)20-13-19(27(34)28-7-9-30)23-18-11-17(14-31)12-21(35-4)25(18)38-26(23)24(20)33/h11-13,16,20,23-24,26,30-31,33H,5-10,14-15H2,1-4H3,(H,28,34). The van der Waals surface area contributed by atoms with Gasteiger partial charge in [-0.1, -0.05) is 0 Å². The summed E-state index contributed by atoms with van der Waals surface area (Å²) in [5.74, 6) is -0.715. The molecule has 11 nitrogen and oxygen atoms in total. The number of benzene rings is 1. The van der Waals surface area contributed by atoms with Gasteiger partial charge in [0.05, 0.1) is 38.4 Å². The number of methoxy groups -OCH3 is 1. The molecule has 2 amide bonds. The highest BCUT2D eigenvalue weighted by Gasteiger charge is 2.51. The van der Waals surface area contributed by atoms with Crippen molar-refractivity contribution >= 4 is 11.8 Å². The molecule has 2 aliphatic rings. The Balaban J connectivity index is 2.03. The van der Waals surface area contributed by atoms with Gasteiger partial charge < -0.3 is 44.5 Å². The molecule has 4 N–H and O–H groups in total. The quantitative estimate of drug-likeness (QED) is 0.250. The lowest BCUT2D eigenvalue weighted by Gasteiger charge is -2.40. The van der Waals surface area contributed by atoms with Crippen molar-refractivity contribution in [2.75, 3.05) is 46.6 Å². The second-order valence-electron chi connectivity index (χ2n) is 9.51. The van der Waals surface area contributed by atoms with Crippen molar-refractivity contribution in [3.63, 3.8) is 0 Å². The predicted molar refractivity (Wildman–Crippen MR) is 138 cm³/mol. The van der Waals surface area contributed by atoms with E-state index in [-0.39, 0.29) is 44.9 Å². The Labute approximate surface area is 223 Å². The molecule has 212 valence electrons. The molecule has 1 aromatic carbocycles. The van der Waals surface area contributed by atoms with E-state index < -0.39 is 30.1 Å². The number of ether oxygens (including phenoxy) is 4. The normalized spacial score (nSPS) is 21.8. The van der Waals surface area contributed by atoms with Crippen LogP contribution in [0.5, 0.6) is 11.5 Å². The number of hydrogen-bond acceptors (Lipinski definition) is 9. The van der Waals surface area contributed by atoms with Crippen molar-refractivity contribution < 1.29 is 43.9 Å². The van der Waals surface area contributed by atoms with Gasteiger partial charge in [-0.15, -0.1) is 0 Å². The molecule has 0 fully saturated rings. The maximum atomic E-state index is 13.3. The summed E-state index contributed by atoms with van der Waals surface area (Å²) in [4.78, 5) is 28.0. The number of aliphatic hydroxyl groups excluding tert-OH is 3. The highest BCUT2D eigenvalue weighted by atomic mass is 16.5. The number of fused-ring (bicyclic) bond motifs is 3. The smallest absolute Gasteiger partial charge is 0.249 e. The number of nitrogens with zero attached hydrogens (tertiary/aromatic N) is 1. The summed E-state index contributed by atoms with van der Waals surface area (Å²) in [5, 5.41) is 33.3. The summed E-state index contributed by atoms with van der Waals surface area (Å²) < 4.78 is 22.7. The van der Waals surface area contributed by atoms with Gasteiger partial charge in [0.2, 0.25) is 11.8 Å². The second kappa shape index (κ2) is 13.9. The lowest BCUT2D eigenvalue weighted by atomic mass is 9.77. The summed E-state index contributed by atoms with van der Waals surface area (Å²) in [6.07, 6.45) is 0.0757. The minimum absolute atomic E-state index is 0.0357. The van der Waals surface area contributed by atoms with Crippen molar-refractivity contribution in [2.24, 2.45) is 0 Å². The Kier molecular flexibility index (Phi) is 10.9. The third-order valence-electron chi connectivity index (χ3n) is 6.60. The van der Waals surface area contributed by atoms with Crippen LogP contribution >= 0.6 is 0 Å². The van der Waals surface area contributed by atoms with Crippen molar-refractivity contribution in [3.05, 3.63) is 34.9 Å². The lowest BCUT2D eigenvalue weighted by Crippen LogP contribution is -2.56. The number of carbonyl (C=O) groups excluding carboxylic acids is 2. The van der Waals surface area contributed by atoms with Crippen LogP contribution in [0.2, 0.25) is 0 Å². The SMILES string of the molecule is CCOCC(=O)N(CCCOC(C)C)C1C=C(C(=O)NCCO)C2c3cc(CO)cc(OC)c3OC2C1O. The Hall–Kier alpha value is -2.70. The van der Waals surface area contributed by atoms with Gasteiger partial charge >= 0.3 is 0 Å². The first-order chi connectivity index (χ1) is 18.3. The number of rotatable bonds is 14. The molecule has 1 aliphatic carbocycles. The zero-order chi connectivity index (χ0) is 27.8. The third kappa shape index (κ3) is 6.65. The van der Waals surface area contributed by atoms with Crippen LogP contribution in [0.15, 0.2) is 23.8 Å². The van der Waals surface area contributed by atoms with E-state index in [0.717, 1.165) is 0 Å². The summed E-state index contributed by atoms with van der Waals surface area (Å²) in [7, 11) is 1.47. The zero-order valence-corrected chi connectivity index (χ0v) is 22.5. The Morgan fingerprint density at radius 3 is 2.63 bits per heavy atom. The number of amides is 2. The molecule has 4 unspecified atom stereocenters. The fourth-order valence-electron chi connectivity index (χ4n) is 4.89. The van der Waals surface area contributed by atoms with Crippen LogP contribution in [0.3, 0.4) is 0 Å². The van der Waals surface area contributed by atoms with Gasteiger partial charge in [0.1, 0.15) is 18.8 Å². The molecule has 0 radical (unpaired) electrons. The van der Waals surface area contributed by atoms with Crippen LogP contribution < -0.4 is 14.8 Å². The molecule has 11 heteroatoms. The Morgan fingerprint density at radius 1 is 1.24 bits per heavy atom. The molecule has 0 spiro atoms. The molecule has 3 rings (SSSR count). The number of nitrogens with one attached hydrogen (secondary N) is 1. The molecule has 1 aliphatic heterocycles. The number of hydrogen-bond donors (Lipinski definition) is 4. The summed E-state index contributed by atoms with van der Waals surface area (Å²) in [6, 6.07) is 2.49. The zero-order valence-electron chi connectivity index (χ0n) is 22.5. The van der Waals surface area contributed by atoms with Crippen molar-refractivity contribution in [2.45, 2.75) is 64.1 Å². The first-order valence-corrected chi connectivity index (χ1v) is 13.0. The molecule has 0 bridgehead atoms. The highest BCUT2D eigenvalue weighted by molar-refractivity contribution is 5.96. The highest BCUT2D eigenvalue weighted by Crippen LogP contribution is 2.51.